The summed E-state index contributed by atoms with van der Waals surface area (Å²) >= 11 is 3.36. The summed E-state index contributed by atoms with van der Waals surface area (Å²) in [5.74, 6) is -1.19. The van der Waals surface area contributed by atoms with Crippen molar-refractivity contribution in [2.24, 2.45) is 0 Å². The van der Waals surface area contributed by atoms with Crippen LogP contribution in [0.25, 0.3) is 0 Å². The van der Waals surface area contributed by atoms with Crippen molar-refractivity contribution < 1.29 is 9.59 Å². The second kappa shape index (κ2) is 9.55. The van der Waals surface area contributed by atoms with E-state index in [4.69, 9.17) is 0 Å². The molecule has 4 nitrogen and oxygen atoms in total. The van der Waals surface area contributed by atoms with Gasteiger partial charge in [-0.05, 0) is 37.1 Å². The summed E-state index contributed by atoms with van der Waals surface area (Å²) in [4.78, 5) is 23.5. The molecule has 1 aromatic carbocycles. The maximum Gasteiger partial charge on any atom is 0.313 e. The SMILES string of the molecule is CCCCCCCNC(=O)C(=O)Nc1ccc(Br)cc1C. The first-order valence-corrected chi connectivity index (χ1v) is 8.19. The Balaban J connectivity index is 2.32. The van der Waals surface area contributed by atoms with Crippen molar-refractivity contribution in [2.75, 3.05) is 11.9 Å². The fourth-order valence-corrected chi connectivity index (χ4v) is 2.43. The van der Waals surface area contributed by atoms with Gasteiger partial charge in [0.1, 0.15) is 0 Å². The number of halogens is 1. The number of anilines is 1. The Bertz CT molecular complexity index is 489. The van der Waals surface area contributed by atoms with Crippen LogP contribution in [0.1, 0.15) is 44.6 Å². The average molecular weight is 355 g/mol. The molecule has 0 bridgehead atoms. The lowest BCUT2D eigenvalue weighted by atomic mass is 10.1. The minimum Gasteiger partial charge on any atom is -0.348 e. The van der Waals surface area contributed by atoms with Gasteiger partial charge in [-0.3, -0.25) is 9.59 Å². The van der Waals surface area contributed by atoms with Crippen molar-refractivity contribution in [1.29, 1.82) is 0 Å². The summed E-state index contributed by atoms with van der Waals surface area (Å²) in [6, 6.07) is 5.49. The van der Waals surface area contributed by atoms with Crippen LogP contribution >= 0.6 is 15.9 Å². The van der Waals surface area contributed by atoms with Crippen LogP contribution < -0.4 is 10.6 Å². The Morgan fingerprint density at radius 1 is 1.10 bits per heavy atom. The van der Waals surface area contributed by atoms with E-state index in [0.717, 1.165) is 22.9 Å². The van der Waals surface area contributed by atoms with Crippen LogP contribution in [0.3, 0.4) is 0 Å². The summed E-state index contributed by atoms with van der Waals surface area (Å²) in [5.41, 5.74) is 1.56. The van der Waals surface area contributed by atoms with E-state index >= 15 is 0 Å². The Morgan fingerprint density at radius 2 is 1.81 bits per heavy atom. The lowest BCUT2D eigenvalue weighted by Crippen LogP contribution is -2.36. The Morgan fingerprint density at radius 3 is 2.48 bits per heavy atom. The smallest absolute Gasteiger partial charge is 0.313 e. The molecule has 1 aromatic rings. The Hall–Kier alpha value is -1.36. The lowest BCUT2D eigenvalue weighted by molar-refractivity contribution is -0.136. The molecule has 21 heavy (non-hydrogen) atoms. The monoisotopic (exact) mass is 354 g/mol. The first-order valence-electron chi connectivity index (χ1n) is 7.40. The second-order valence-electron chi connectivity index (χ2n) is 5.08. The predicted octanol–water partition coefficient (Wildman–Crippen LogP) is 3.78. The first kappa shape index (κ1) is 17.7. The van der Waals surface area contributed by atoms with Crippen LogP contribution in [0.15, 0.2) is 22.7 Å². The van der Waals surface area contributed by atoms with E-state index < -0.39 is 11.8 Å². The molecule has 116 valence electrons. The number of hydrogen-bond donors (Lipinski definition) is 2. The molecule has 0 spiro atoms. The molecule has 0 aromatic heterocycles. The molecule has 0 radical (unpaired) electrons. The maximum atomic E-state index is 11.8. The summed E-state index contributed by atoms with van der Waals surface area (Å²) in [5, 5.41) is 5.28. The topological polar surface area (TPSA) is 58.2 Å². The maximum absolute atomic E-state index is 11.8. The van der Waals surface area contributed by atoms with Gasteiger partial charge in [-0.15, -0.1) is 0 Å². The number of rotatable bonds is 7. The van der Waals surface area contributed by atoms with E-state index in [0.29, 0.717) is 12.2 Å². The molecule has 0 unspecified atom stereocenters. The van der Waals surface area contributed by atoms with Crippen molar-refractivity contribution in [3.8, 4) is 0 Å². The molecule has 0 aliphatic carbocycles. The highest BCUT2D eigenvalue weighted by Crippen LogP contribution is 2.19. The zero-order chi connectivity index (χ0) is 15.7. The fraction of sp³-hybridized carbons (Fsp3) is 0.500. The van der Waals surface area contributed by atoms with E-state index in [-0.39, 0.29) is 0 Å². The molecule has 0 atom stereocenters. The number of carbonyl (C=O) groups is 2. The standard InChI is InChI=1S/C16H23BrN2O2/c1-3-4-5-6-7-10-18-15(20)16(21)19-14-9-8-13(17)11-12(14)2/h8-9,11H,3-7,10H2,1-2H3,(H,18,20)(H,19,21). The highest BCUT2D eigenvalue weighted by molar-refractivity contribution is 9.10. The van der Waals surface area contributed by atoms with Crippen LogP contribution in [0.2, 0.25) is 0 Å². The number of hydrogen-bond acceptors (Lipinski definition) is 2. The van der Waals surface area contributed by atoms with Gasteiger partial charge in [0.05, 0.1) is 0 Å². The number of benzene rings is 1. The van der Waals surface area contributed by atoms with Gasteiger partial charge in [-0.25, -0.2) is 0 Å². The molecule has 0 heterocycles. The van der Waals surface area contributed by atoms with Gasteiger partial charge in [-0.1, -0.05) is 48.5 Å². The third-order valence-corrected chi connectivity index (χ3v) is 3.70. The van der Waals surface area contributed by atoms with Gasteiger partial charge >= 0.3 is 11.8 Å². The van der Waals surface area contributed by atoms with Crippen molar-refractivity contribution in [3.05, 3.63) is 28.2 Å². The van der Waals surface area contributed by atoms with E-state index in [1.54, 1.807) is 6.07 Å². The molecular weight excluding hydrogens is 332 g/mol. The minimum atomic E-state index is -0.617. The number of amides is 2. The first-order chi connectivity index (χ1) is 10.0. The average Bonchev–Trinajstić information content (AvgIpc) is 2.45. The highest BCUT2D eigenvalue weighted by Gasteiger charge is 2.13. The third-order valence-electron chi connectivity index (χ3n) is 3.21. The van der Waals surface area contributed by atoms with Crippen LogP contribution in [-0.4, -0.2) is 18.4 Å². The van der Waals surface area contributed by atoms with Gasteiger partial charge < -0.3 is 10.6 Å². The van der Waals surface area contributed by atoms with Crippen LogP contribution in [0.4, 0.5) is 5.69 Å². The molecule has 2 N–H and O–H groups in total. The quantitative estimate of drug-likeness (QED) is 0.578. The van der Waals surface area contributed by atoms with Gasteiger partial charge in [0.25, 0.3) is 0 Å². The molecule has 1 rings (SSSR count). The summed E-state index contributed by atoms with van der Waals surface area (Å²) in [7, 11) is 0. The molecule has 5 heteroatoms. The number of aryl methyl sites for hydroxylation is 1. The molecule has 0 aliphatic heterocycles. The number of unbranched alkanes of at least 4 members (excludes halogenated alkanes) is 4. The Labute approximate surface area is 134 Å². The number of carbonyl (C=O) groups excluding carboxylic acids is 2. The van der Waals surface area contributed by atoms with Crippen LogP contribution in [0, 0.1) is 6.92 Å². The predicted molar refractivity (Wildman–Crippen MR) is 89.3 cm³/mol. The van der Waals surface area contributed by atoms with Gasteiger partial charge in [-0.2, -0.15) is 0 Å². The minimum absolute atomic E-state index is 0.551. The summed E-state index contributed by atoms with van der Waals surface area (Å²) < 4.78 is 0.939. The van der Waals surface area contributed by atoms with Crippen LogP contribution in [0.5, 0.6) is 0 Å². The van der Waals surface area contributed by atoms with Crippen molar-refractivity contribution in [3.63, 3.8) is 0 Å². The van der Waals surface area contributed by atoms with E-state index in [1.807, 2.05) is 19.1 Å². The van der Waals surface area contributed by atoms with Gasteiger partial charge in [0.2, 0.25) is 0 Å². The lowest BCUT2D eigenvalue weighted by Gasteiger charge is -2.09. The van der Waals surface area contributed by atoms with E-state index in [9.17, 15) is 9.59 Å². The zero-order valence-corrected chi connectivity index (χ0v) is 14.3. The van der Waals surface area contributed by atoms with Crippen molar-refractivity contribution >= 4 is 33.4 Å². The highest BCUT2D eigenvalue weighted by atomic mass is 79.9. The normalized spacial score (nSPS) is 10.2. The molecule has 0 aliphatic rings. The second-order valence-corrected chi connectivity index (χ2v) is 6.00. The molecule has 0 saturated carbocycles. The van der Waals surface area contributed by atoms with Crippen LogP contribution in [-0.2, 0) is 9.59 Å². The fourth-order valence-electron chi connectivity index (χ4n) is 1.96. The van der Waals surface area contributed by atoms with Gasteiger partial charge in [0, 0.05) is 16.7 Å². The number of nitrogens with one attached hydrogen (secondary N) is 2. The molecule has 0 fully saturated rings. The molecule has 0 saturated heterocycles. The summed E-state index contributed by atoms with van der Waals surface area (Å²) in [6.45, 7) is 4.59. The molecular formula is C16H23BrN2O2. The van der Waals surface area contributed by atoms with Crippen molar-refractivity contribution in [2.45, 2.75) is 46.0 Å². The van der Waals surface area contributed by atoms with E-state index in [1.165, 1.54) is 19.3 Å². The molecule has 2 amide bonds. The van der Waals surface area contributed by atoms with Gasteiger partial charge in [0.15, 0.2) is 0 Å². The Kier molecular flexibility index (Phi) is 8.05. The zero-order valence-electron chi connectivity index (χ0n) is 12.7. The van der Waals surface area contributed by atoms with Crippen molar-refractivity contribution in [1.82, 2.24) is 5.32 Å². The largest absolute Gasteiger partial charge is 0.348 e. The summed E-state index contributed by atoms with van der Waals surface area (Å²) in [6.07, 6.45) is 5.59. The third kappa shape index (κ3) is 6.76. The van der Waals surface area contributed by atoms with E-state index in [2.05, 4.69) is 33.5 Å².